The van der Waals surface area contributed by atoms with Gasteiger partial charge >= 0.3 is 0 Å². The molecule has 118 valence electrons. The van der Waals surface area contributed by atoms with Gasteiger partial charge in [0.15, 0.2) is 0 Å². The van der Waals surface area contributed by atoms with Crippen LogP contribution in [0.25, 0.3) is 11.3 Å². The van der Waals surface area contributed by atoms with E-state index in [9.17, 15) is 4.79 Å². The highest BCUT2D eigenvalue weighted by Crippen LogP contribution is 2.27. The summed E-state index contributed by atoms with van der Waals surface area (Å²) in [4.78, 5) is 18.8. The second-order valence-corrected chi connectivity index (χ2v) is 6.58. The van der Waals surface area contributed by atoms with Crippen molar-refractivity contribution in [1.29, 1.82) is 0 Å². The van der Waals surface area contributed by atoms with Gasteiger partial charge in [0, 0.05) is 42.5 Å². The molecule has 0 atom stereocenters. The normalized spacial score (nSPS) is 15.3. The molecule has 0 spiro atoms. The number of carbonyl (C=O) groups excluding carboxylic acids is 1. The molecule has 0 bridgehead atoms. The van der Waals surface area contributed by atoms with E-state index in [-0.39, 0.29) is 5.91 Å². The lowest BCUT2D eigenvalue weighted by molar-refractivity contribution is -0.134. The van der Waals surface area contributed by atoms with E-state index < -0.39 is 0 Å². The molecule has 5 nitrogen and oxygen atoms in total. The van der Waals surface area contributed by atoms with Crippen LogP contribution in [-0.2, 0) is 23.0 Å². The zero-order valence-corrected chi connectivity index (χ0v) is 14.1. The fraction of sp³-hybridized carbons (Fsp3) is 0.500. The topological polar surface area (TPSA) is 47.4 Å². The summed E-state index contributed by atoms with van der Waals surface area (Å²) in [5, 5.41) is 2.93. The summed E-state index contributed by atoms with van der Waals surface area (Å²) >= 11 is 1.56. The molecule has 0 N–H and O–H groups in total. The zero-order valence-electron chi connectivity index (χ0n) is 13.3. The largest absolute Gasteiger partial charge is 0.378 e. The standard InChI is InChI=1S/C16H21N3O2S/c1-11-8-13(12(2)18(11)3)14-10-22-15(17-14)9-16(20)19-4-6-21-7-5-19/h8,10H,4-7,9H2,1-3H3. The van der Waals surface area contributed by atoms with E-state index in [0.29, 0.717) is 32.7 Å². The van der Waals surface area contributed by atoms with Crippen LogP contribution in [0.5, 0.6) is 0 Å². The molecule has 2 aromatic heterocycles. The average Bonchev–Trinajstić information content (AvgIpc) is 3.08. The van der Waals surface area contributed by atoms with Crippen molar-refractivity contribution in [3.05, 3.63) is 27.8 Å². The monoisotopic (exact) mass is 319 g/mol. The third-order valence-electron chi connectivity index (χ3n) is 4.27. The summed E-state index contributed by atoms with van der Waals surface area (Å²) < 4.78 is 7.44. The van der Waals surface area contributed by atoms with E-state index in [4.69, 9.17) is 4.74 Å². The Morgan fingerprint density at radius 2 is 2.09 bits per heavy atom. The fourth-order valence-electron chi connectivity index (χ4n) is 2.68. The van der Waals surface area contributed by atoms with Crippen molar-refractivity contribution in [2.24, 2.45) is 7.05 Å². The molecule has 1 saturated heterocycles. The smallest absolute Gasteiger partial charge is 0.229 e. The van der Waals surface area contributed by atoms with Crippen molar-refractivity contribution in [2.75, 3.05) is 26.3 Å². The van der Waals surface area contributed by atoms with Gasteiger partial charge in [-0.25, -0.2) is 4.98 Å². The molecule has 6 heteroatoms. The van der Waals surface area contributed by atoms with E-state index >= 15 is 0 Å². The van der Waals surface area contributed by atoms with E-state index in [2.05, 4.69) is 36.5 Å². The van der Waals surface area contributed by atoms with Gasteiger partial charge in [-0.2, -0.15) is 0 Å². The molecule has 0 saturated carbocycles. The van der Waals surface area contributed by atoms with E-state index in [1.807, 2.05) is 10.3 Å². The minimum absolute atomic E-state index is 0.144. The number of aryl methyl sites for hydroxylation is 1. The lowest BCUT2D eigenvalue weighted by Crippen LogP contribution is -2.41. The first-order valence-electron chi connectivity index (χ1n) is 7.49. The van der Waals surface area contributed by atoms with Crippen LogP contribution in [-0.4, -0.2) is 46.7 Å². The van der Waals surface area contributed by atoms with E-state index in [0.717, 1.165) is 16.3 Å². The Balaban J connectivity index is 1.73. The number of rotatable bonds is 3. The van der Waals surface area contributed by atoms with Gasteiger partial charge in [0.05, 0.1) is 25.3 Å². The average molecular weight is 319 g/mol. The van der Waals surface area contributed by atoms with Crippen molar-refractivity contribution in [2.45, 2.75) is 20.3 Å². The van der Waals surface area contributed by atoms with Gasteiger partial charge in [0.1, 0.15) is 5.01 Å². The first-order valence-corrected chi connectivity index (χ1v) is 8.37. The predicted molar refractivity (Wildman–Crippen MR) is 87.1 cm³/mol. The van der Waals surface area contributed by atoms with Gasteiger partial charge in [0.25, 0.3) is 0 Å². The Morgan fingerprint density at radius 3 is 2.73 bits per heavy atom. The molecule has 1 aliphatic rings. The molecule has 22 heavy (non-hydrogen) atoms. The second kappa shape index (κ2) is 6.22. The van der Waals surface area contributed by atoms with Gasteiger partial charge in [-0.3, -0.25) is 4.79 Å². The third-order valence-corrected chi connectivity index (χ3v) is 5.12. The molecule has 1 aliphatic heterocycles. The van der Waals surface area contributed by atoms with Crippen LogP contribution in [0.3, 0.4) is 0 Å². The number of amides is 1. The third kappa shape index (κ3) is 2.94. The van der Waals surface area contributed by atoms with Crippen LogP contribution in [0.4, 0.5) is 0 Å². The SMILES string of the molecule is Cc1cc(-c2csc(CC(=O)N3CCOCC3)n2)c(C)n1C. The highest BCUT2D eigenvalue weighted by Gasteiger charge is 2.19. The number of aromatic nitrogens is 2. The second-order valence-electron chi connectivity index (χ2n) is 5.64. The predicted octanol–water partition coefficient (Wildman–Crippen LogP) is 2.17. The van der Waals surface area contributed by atoms with Crippen LogP contribution in [0.2, 0.25) is 0 Å². The van der Waals surface area contributed by atoms with Crippen molar-refractivity contribution >= 4 is 17.2 Å². The number of nitrogens with zero attached hydrogens (tertiary/aromatic N) is 3. The number of morpholine rings is 1. The van der Waals surface area contributed by atoms with Crippen LogP contribution < -0.4 is 0 Å². The Hall–Kier alpha value is -1.66. The van der Waals surface area contributed by atoms with E-state index in [1.54, 1.807) is 11.3 Å². The maximum atomic E-state index is 12.3. The molecule has 3 heterocycles. The van der Waals surface area contributed by atoms with E-state index in [1.165, 1.54) is 11.4 Å². The van der Waals surface area contributed by atoms with Gasteiger partial charge in [-0.05, 0) is 19.9 Å². The molecular weight excluding hydrogens is 298 g/mol. The number of ether oxygens (including phenoxy) is 1. The molecule has 0 aliphatic carbocycles. The van der Waals surface area contributed by atoms with Gasteiger partial charge in [-0.1, -0.05) is 0 Å². The summed E-state index contributed by atoms with van der Waals surface area (Å²) in [6, 6.07) is 2.15. The lowest BCUT2D eigenvalue weighted by Gasteiger charge is -2.26. The Bertz CT molecular complexity index is 684. The summed E-state index contributed by atoms with van der Waals surface area (Å²) in [5.74, 6) is 0.144. The zero-order chi connectivity index (χ0) is 15.7. The molecule has 0 unspecified atom stereocenters. The Morgan fingerprint density at radius 1 is 1.36 bits per heavy atom. The van der Waals surface area contributed by atoms with Gasteiger partial charge in [-0.15, -0.1) is 11.3 Å². The summed E-state index contributed by atoms with van der Waals surface area (Å²) in [6.45, 7) is 6.84. The van der Waals surface area contributed by atoms with Gasteiger partial charge in [0.2, 0.25) is 5.91 Å². The maximum absolute atomic E-state index is 12.3. The van der Waals surface area contributed by atoms with Gasteiger partial charge < -0.3 is 14.2 Å². The van der Waals surface area contributed by atoms with Crippen molar-refractivity contribution in [1.82, 2.24) is 14.5 Å². The molecular formula is C16H21N3O2S. The summed E-state index contributed by atoms with van der Waals surface area (Å²) in [7, 11) is 2.06. The van der Waals surface area contributed by atoms with Crippen molar-refractivity contribution < 1.29 is 9.53 Å². The number of thiazole rings is 1. The fourth-order valence-corrected chi connectivity index (χ4v) is 3.47. The molecule has 1 fully saturated rings. The minimum Gasteiger partial charge on any atom is -0.378 e. The molecule has 0 radical (unpaired) electrons. The summed E-state index contributed by atoms with van der Waals surface area (Å²) in [6.07, 6.45) is 0.384. The molecule has 3 rings (SSSR count). The Labute approximate surface area is 134 Å². The first-order chi connectivity index (χ1) is 10.6. The summed E-state index contributed by atoms with van der Waals surface area (Å²) in [5.41, 5.74) is 4.54. The molecule has 1 amide bonds. The number of hydrogen-bond donors (Lipinski definition) is 0. The van der Waals surface area contributed by atoms with Crippen molar-refractivity contribution in [3.63, 3.8) is 0 Å². The maximum Gasteiger partial charge on any atom is 0.229 e. The molecule has 0 aromatic carbocycles. The number of carbonyl (C=O) groups is 1. The van der Waals surface area contributed by atoms with Crippen LogP contribution in [0.15, 0.2) is 11.4 Å². The Kier molecular flexibility index (Phi) is 4.31. The van der Waals surface area contributed by atoms with Crippen LogP contribution >= 0.6 is 11.3 Å². The quantitative estimate of drug-likeness (QED) is 0.871. The minimum atomic E-state index is 0.144. The highest BCUT2D eigenvalue weighted by atomic mass is 32.1. The lowest BCUT2D eigenvalue weighted by atomic mass is 10.2. The van der Waals surface area contributed by atoms with Crippen LogP contribution in [0.1, 0.15) is 16.4 Å². The number of hydrogen-bond acceptors (Lipinski definition) is 4. The van der Waals surface area contributed by atoms with Crippen LogP contribution in [0, 0.1) is 13.8 Å². The molecule has 2 aromatic rings. The first kappa shape index (κ1) is 15.2. The van der Waals surface area contributed by atoms with Crippen molar-refractivity contribution in [3.8, 4) is 11.3 Å². The highest BCUT2D eigenvalue weighted by molar-refractivity contribution is 7.10.